The number of thiocarbonyl (C=S) groups is 1. The van der Waals surface area contributed by atoms with Gasteiger partial charge in [-0.1, -0.05) is 30.3 Å². The number of rotatable bonds is 3. The monoisotopic (exact) mass is 330 g/mol. The number of hydrogen-bond acceptors (Lipinski definition) is 3. The Morgan fingerprint density at radius 3 is 2.50 bits per heavy atom. The zero-order valence-corrected chi connectivity index (χ0v) is 12.3. The van der Waals surface area contributed by atoms with Crippen LogP contribution in [0, 0.1) is 0 Å². The Balaban J connectivity index is 2.59. The Labute approximate surface area is 130 Å². The van der Waals surface area contributed by atoms with Gasteiger partial charge in [0.25, 0.3) is 0 Å². The number of ether oxygens (including phenoxy) is 1. The summed E-state index contributed by atoms with van der Waals surface area (Å²) in [4.78, 5) is 12.0. The predicted molar refractivity (Wildman–Crippen MR) is 77.8 cm³/mol. The van der Waals surface area contributed by atoms with Gasteiger partial charge in [-0.25, -0.2) is 4.79 Å². The van der Waals surface area contributed by atoms with Gasteiger partial charge >= 0.3 is 12.1 Å². The van der Waals surface area contributed by atoms with Crippen molar-refractivity contribution in [1.29, 1.82) is 0 Å². The van der Waals surface area contributed by atoms with Gasteiger partial charge in [0.1, 0.15) is 5.70 Å². The first-order valence-electron chi connectivity index (χ1n) is 6.45. The van der Waals surface area contributed by atoms with Gasteiger partial charge in [-0.3, -0.25) is 0 Å². The molecule has 0 bridgehead atoms. The lowest BCUT2D eigenvalue weighted by Crippen LogP contribution is -2.49. The van der Waals surface area contributed by atoms with Crippen LogP contribution in [0.5, 0.6) is 0 Å². The number of halogens is 3. The largest absolute Gasteiger partial charge is 0.463 e. The third-order valence-corrected chi connectivity index (χ3v) is 3.20. The summed E-state index contributed by atoms with van der Waals surface area (Å²) in [6.07, 6.45) is -4.75. The van der Waals surface area contributed by atoms with Crippen molar-refractivity contribution in [3.8, 4) is 0 Å². The number of hydrogen-bond donors (Lipinski definition) is 2. The van der Waals surface area contributed by atoms with Crippen LogP contribution in [0.3, 0.4) is 0 Å². The lowest BCUT2D eigenvalue weighted by molar-refractivity contribution is -0.140. The molecule has 0 spiro atoms. The first-order chi connectivity index (χ1) is 10.3. The Hall–Kier alpha value is -2.09. The molecule has 1 aromatic carbocycles. The van der Waals surface area contributed by atoms with E-state index in [1.54, 1.807) is 30.3 Å². The zero-order valence-electron chi connectivity index (χ0n) is 11.5. The van der Waals surface area contributed by atoms with Crippen molar-refractivity contribution in [2.45, 2.75) is 19.1 Å². The van der Waals surface area contributed by atoms with Gasteiger partial charge in [0, 0.05) is 0 Å². The molecule has 1 heterocycles. The van der Waals surface area contributed by atoms with Crippen molar-refractivity contribution >= 4 is 23.3 Å². The van der Waals surface area contributed by atoms with E-state index < -0.39 is 29.5 Å². The fourth-order valence-corrected chi connectivity index (χ4v) is 2.33. The maximum Gasteiger partial charge on any atom is 0.431 e. The Kier molecular flexibility index (Phi) is 4.70. The van der Waals surface area contributed by atoms with Crippen molar-refractivity contribution in [2.75, 3.05) is 6.61 Å². The molecule has 22 heavy (non-hydrogen) atoms. The van der Waals surface area contributed by atoms with Crippen LogP contribution in [0.25, 0.3) is 0 Å². The second-order valence-electron chi connectivity index (χ2n) is 4.45. The van der Waals surface area contributed by atoms with Gasteiger partial charge in [-0.2, -0.15) is 13.2 Å². The van der Waals surface area contributed by atoms with Crippen molar-refractivity contribution in [3.05, 3.63) is 47.2 Å². The van der Waals surface area contributed by atoms with E-state index in [1.165, 1.54) is 6.92 Å². The number of benzene rings is 1. The lowest BCUT2D eigenvalue weighted by atomic mass is 9.95. The van der Waals surface area contributed by atoms with E-state index in [0.29, 0.717) is 5.56 Å². The first-order valence-corrected chi connectivity index (χ1v) is 6.86. The SMILES string of the molecule is CCOC(=O)C1=C(C(F)(F)F)NC(=S)NC1c1ccccc1. The predicted octanol–water partition coefficient (Wildman–Crippen LogP) is 2.58. The summed E-state index contributed by atoms with van der Waals surface area (Å²) in [6.45, 7) is 1.50. The fourth-order valence-electron chi connectivity index (χ4n) is 2.11. The number of esters is 1. The summed E-state index contributed by atoms with van der Waals surface area (Å²) in [5.41, 5.74) is -1.24. The van der Waals surface area contributed by atoms with E-state index in [0.717, 1.165) is 0 Å². The minimum absolute atomic E-state index is 0.0283. The maximum atomic E-state index is 13.2. The Morgan fingerprint density at radius 2 is 1.95 bits per heavy atom. The number of carbonyl (C=O) groups is 1. The van der Waals surface area contributed by atoms with E-state index in [4.69, 9.17) is 17.0 Å². The molecule has 1 aliphatic rings. The Bertz CT molecular complexity index is 614. The summed E-state index contributed by atoms with van der Waals surface area (Å²) in [6, 6.07) is 7.25. The average Bonchev–Trinajstić information content (AvgIpc) is 2.46. The van der Waals surface area contributed by atoms with Gasteiger partial charge < -0.3 is 15.4 Å². The lowest BCUT2D eigenvalue weighted by Gasteiger charge is -2.31. The summed E-state index contributed by atoms with van der Waals surface area (Å²) in [5.74, 6) is -1.04. The highest BCUT2D eigenvalue weighted by Crippen LogP contribution is 2.35. The highest BCUT2D eigenvalue weighted by atomic mass is 32.1. The zero-order chi connectivity index (χ0) is 16.3. The van der Waals surface area contributed by atoms with Gasteiger partial charge in [0.05, 0.1) is 18.2 Å². The molecule has 2 N–H and O–H groups in total. The highest BCUT2D eigenvalue weighted by Gasteiger charge is 2.44. The van der Waals surface area contributed by atoms with E-state index in [1.807, 2.05) is 5.32 Å². The van der Waals surface area contributed by atoms with E-state index in [9.17, 15) is 18.0 Å². The van der Waals surface area contributed by atoms with Crippen molar-refractivity contribution in [3.63, 3.8) is 0 Å². The Morgan fingerprint density at radius 1 is 1.32 bits per heavy atom. The highest BCUT2D eigenvalue weighted by molar-refractivity contribution is 7.80. The molecule has 1 aromatic rings. The number of alkyl halides is 3. The number of carbonyl (C=O) groups excluding carboxylic acids is 1. The minimum Gasteiger partial charge on any atom is -0.463 e. The quantitative estimate of drug-likeness (QED) is 0.659. The van der Waals surface area contributed by atoms with Crippen LogP contribution in [0.2, 0.25) is 0 Å². The average molecular weight is 330 g/mol. The molecule has 1 unspecified atom stereocenters. The molecule has 0 saturated heterocycles. The molecule has 1 atom stereocenters. The molecule has 118 valence electrons. The third kappa shape index (κ3) is 3.38. The maximum absolute atomic E-state index is 13.2. The summed E-state index contributed by atoms with van der Waals surface area (Å²) < 4.78 is 44.5. The number of nitrogens with one attached hydrogen (secondary N) is 2. The van der Waals surface area contributed by atoms with Crippen molar-refractivity contribution in [2.24, 2.45) is 0 Å². The third-order valence-electron chi connectivity index (χ3n) is 2.98. The molecule has 0 saturated carbocycles. The molecule has 0 aliphatic carbocycles. The number of allylic oxidation sites excluding steroid dienone is 1. The molecular weight excluding hydrogens is 317 g/mol. The molecule has 8 heteroatoms. The second-order valence-corrected chi connectivity index (χ2v) is 4.86. The van der Waals surface area contributed by atoms with Crippen molar-refractivity contribution < 1.29 is 22.7 Å². The van der Waals surface area contributed by atoms with Gasteiger partial charge in [0.2, 0.25) is 0 Å². The van der Waals surface area contributed by atoms with E-state index in [-0.39, 0.29) is 11.7 Å². The molecule has 1 aliphatic heterocycles. The van der Waals surface area contributed by atoms with Crippen LogP contribution in [-0.4, -0.2) is 23.9 Å². The van der Waals surface area contributed by atoms with Crippen LogP contribution in [0.4, 0.5) is 13.2 Å². The van der Waals surface area contributed by atoms with Gasteiger partial charge in [-0.15, -0.1) is 0 Å². The van der Waals surface area contributed by atoms with Crippen LogP contribution < -0.4 is 10.6 Å². The standard InChI is InChI=1S/C14H13F3N2O2S/c1-2-21-12(20)9-10(8-6-4-3-5-7-8)18-13(22)19-11(9)14(15,16)17/h3-7,10H,2H2,1H3,(H2,18,19,22). The minimum atomic E-state index is -4.75. The van der Waals surface area contributed by atoms with E-state index in [2.05, 4.69) is 5.32 Å². The summed E-state index contributed by atoms with van der Waals surface area (Å²) >= 11 is 4.82. The molecule has 0 amide bonds. The smallest absolute Gasteiger partial charge is 0.431 e. The summed E-state index contributed by atoms with van der Waals surface area (Å²) in [7, 11) is 0. The van der Waals surface area contributed by atoms with Crippen LogP contribution >= 0.6 is 12.2 Å². The second kappa shape index (κ2) is 6.35. The summed E-state index contributed by atoms with van der Waals surface area (Å²) in [5, 5.41) is 4.51. The van der Waals surface area contributed by atoms with Crippen LogP contribution in [0.1, 0.15) is 18.5 Å². The molecule has 2 rings (SSSR count). The fraction of sp³-hybridized carbons (Fsp3) is 0.286. The van der Waals surface area contributed by atoms with Crippen LogP contribution in [-0.2, 0) is 9.53 Å². The molecule has 0 aromatic heterocycles. The molecule has 4 nitrogen and oxygen atoms in total. The van der Waals surface area contributed by atoms with E-state index >= 15 is 0 Å². The van der Waals surface area contributed by atoms with Gasteiger partial charge in [0.15, 0.2) is 5.11 Å². The molecule has 0 radical (unpaired) electrons. The normalized spacial score (nSPS) is 18.5. The molecule has 0 fully saturated rings. The first kappa shape index (κ1) is 16.3. The molecular formula is C14H13F3N2O2S. The topological polar surface area (TPSA) is 50.4 Å². The van der Waals surface area contributed by atoms with Gasteiger partial charge in [-0.05, 0) is 24.7 Å². The van der Waals surface area contributed by atoms with Crippen LogP contribution in [0.15, 0.2) is 41.6 Å². The van der Waals surface area contributed by atoms with Crippen molar-refractivity contribution in [1.82, 2.24) is 10.6 Å².